The van der Waals surface area contributed by atoms with Crippen LogP contribution in [0.25, 0.3) is 0 Å². The van der Waals surface area contributed by atoms with Crippen LogP contribution >= 0.6 is 0 Å². The Kier molecular flexibility index (Phi) is 11.2. The largest absolute Gasteiger partial charge is 0.499 e. The van der Waals surface area contributed by atoms with E-state index in [0.717, 1.165) is 7.11 Å². The van der Waals surface area contributed by atoms with E-state index in [9.17, 15) is 45.0 Å². The van der Waals surface area contributed by atoms with Crippen molar-refractivity contribution in [3.05, 3.63) is 11.5 Å². The van der Waals surface area contributed by atoms with E-state index in [1.807, 2.05) is 0 Å². The minimum atomic E-state index is -1.83. The van der Waals surface area contributed by atoms with Crippen molar-refractivity contribution in [1.82, 2.24) is 5.32 Å². The number of rotatable bonds is 11. The number of amides is 1. The van der Waals surface area contributed by atoms with Gasteiger partial charge in [-0.15, -0.1) is 0 Å². The average molecular weight is 598 g/mol. The molecule has 8 N–H and O–H groups in total. The number of cyclic esters (lactones) is 1. The molecule has 41 heavy (non-hydrogen) atoms. The van der Waals surface area contributed by atoms with Gasteiger partial charge in [0, 0.05) is 14.0 Å². The molecular formula is C23H35NO17. The van der Waals surface area contributed by atoms with Crippen molar-refractivity contribution in [1.29, 1.82) is 0 Å². The van der Waals surface area contributed by atoms with Crippen molar-refractivity contribution in [3.63, 3.8) is 0 Å². The summed E-state index contributed by atoms with van der Waals surface area (Å²) < 4.78 is 36.6. The van der Waals surface area contributed by atoms with Crippen molar-refractivity contribution in [2.24, 2.45) is 0 Å². The third-order valence-electron chi connectivity index (χ3n) is 6.73. The average Bonchev–Trinajstić information content (AvgIpc) is 3.22. The molecule has 0 aromatic carbocycles. The van der Waals surface area contributed by atoms with E-state index in [1.54, 1.807) is 6.92 Å². The number of aliphatic hydroxyl groups excluding tert-OH is 7. The van der Waals surface area contributed by atoms with Crippen LogP contribution in [0, 0.1) is 0 Å². The molecule has 2 saturated heterocycles. The van der Waals surface area contributed by atoms with Crippen LogP contribution < -0.4 is 5.32 Å². The highest BCUT2D eigenvalue weighted by Crippen LogP contribution is 2.31. The van der Waals surface area contributed by atoms with E-state index < -0.39 is 123 Å². The number of hydrogen-bond acceptors (Lipinski definition) is 17. The molecule has 10 unspecified atom stereocenters. The van der Waals surface area contributed by atoms with Gasteiger partial charge in [-0.3, -0.25) is 4.79 Å². The first-order chi connectivity index (χ1) is 19.4. The van der Waals surface area contributed by atoms with Crippen molar-refractivity contribution >= 4 is 17.8 Å². The molecule has 3 aliphatic heterocycles. The van der Waals surface area contributed by atoms with Crippen molar-refractivity contribution in [3.8, 4) is 0 Å². The van der Waals surface area contributed by atoms with Gasteiger partial charge in [-0.25, -0.2) is 9.59 Å². The Morgan fingerprint density at radius 1 is 1.07 bits per heavy atom. The molecule has 3 rings (SSSR count). The minimum absolute atomic E-state index is 0.510. The first-order valence-corrected chi connectivity index (χ1v) is 12.5. The lowest BCUT2D eigenvalue weighted by atomic mass is 9.92. The molecule has 0 aliphatic carbocycles. The summed E-state index contributed by atoms with van der Waals surface area (Å²) in [5.74, 6) is -4.62. The molecule has 0 bridgehead atoms. The maximum Gasteiger partial charge on any atom is 0.378 e. The molecule has 0 radical (unpaired) electrons. The van der Waals surface area contributed by atoms with Crippen LogP contribution in [0.4, 0.5) is 0 Å². The van der Waals surface area contributed by atoms with Gasteiger partial charge < -0.3 is 74.2 Å². The highest BCUT2D eigenvalue weighted by Gasteiger charge is 2.53. The lowest BCUT2D eigenvalue weighted by Gasteiger charge is -2.47. The summed E-state index contributed by atoms with van der Waals surface area (Å²) in [7, 11) is 1.11. The zero-order valence-electron chi connectivity index (χ0n) is 22.3. The SMILES string of the molecule is COC1C(C(=O)OCOC2=C(O)C(=O)O[C@@H]2[C@@H](O)CO)OC(OC2C(O)C(CO)OC(C)C2NC(C)=O)C(O)C1O. The highest BCUT2D eigenvalue weighted by atomic mass is 16.7. The molecule has 2 fully saturated rings. The van der Waals surface area contributed by atoms with Crippen LogP contribution in [0.5, 0.6) is 0 Å². The van der Waals surface area contributed by atoms with Gasteiger partial charge in [0.2, 0.25) is 18.5 Å². The quantitative estimate of drug-likeness (QED) is 0.0818. The number of aliphatic hydroxyl groups is 7. The Morgan fingerprint density at radius 2 is 1.76 bits per heavy atom. The van der Waals surface area contributed by atoms with Gasteiger partial charge in [0.05, 0.1) is 25.4 Å². The Balaban J connectivity index is 1.74. The van der Waals surface area contributed by atoms with Crippen LogP contribution in [0.2, 0.25) is 0 Å². The molecule has 3 heterocycles. The molecule has 18 nitrogen and oxygen atoms in total. The summed E-state index contributed by atoms with van der Waals surface area (Å²) in [6.45, 7) is 0.308. The molecule has 12 atom stereocenters. The predicted molar refractivity (Wildman–Crippen MR) is 126 cm³/mol. The van der Waals surface area contributed by atoms with Crippen molar-refractivity contribution in [2.45, 2.75) is 87.2 Å². The number of nitrogens with one attached hydrogen (secondary N) is 1. The standard InChI is InChI=1S/C23H35NO17/c1-7-11(24-8(2)27)17(12(29)10(5-26)38-7)40-23-14(31)13(30)18(35-3)20(41-23)22(34)37-6-36-19-15(32)21(33)39-16(19)9(28)4-25/h7,9-14,16-18,20,23,25-26,28-32H,4-6H2,1-3H3,(H,24,27)/t7?,9-,10?,11?,12?,13?,14?,16+,17?,18?,20?,23?/m0/s1. The van der Waals surface area contributed by atoms with Gasteiger partial charge in [-0.2, -0.15) is 0 Å². The Morgan fingerprint density at radius 3 is 2.34 bits per heavy atom. The molecule has 0 aromatic rings. The van der Waals surface area contributed by atoms with Crippen molar-refractivity contribution < 1.29 is 83.3 Å². The predicted octanol–water partition coefficient (Wildman–Crippen LogP) is -4.96. The molecule has 18 heteroatoms. The fraction of sp³-hybridized carbons (Fsp3) is 0.783. The number of carbonyl (C=O) groups excluding carboxylic acids is 3. The lowest BCUT2D eigenvalue weighted by molar-refractivity contribution is -0.328. The summed E-state index contributed by atoms with van der Waals surface area (Å²) in [4.78, 5) is 36.3. The van der Waals surface area contributed by atoms with Gasteiger partial charge >= 0.3 is 11.9 Å². The van der Waals surface area contributed by atoms with E-state index in [0.29, 0.717) is 0 Å². The van der Waals surface area contributed by atoms with E-state index in [-0.39, 0.29) is 0 Å². The summed E-state index contributed by atoms with van der Waals surface area (Å²) in [6, 6.07) is -1.00. The second-order valence-electron chi connectivity index (χ2n) is 9.50. The lowest BCUT2D eigenvalue weighted by Crippen LogP contribution is -2.67. The number of ether oxygens (including phenoxy) is 7. The maximum absolute atomic E-state index is 12.9. The first-order valence-electron chi connectivity index (χ1n) is 12.5. The van der Waals surface area contributed by atoms with E-state index in [4.69, 9.17) is 38.3 Å². The maximum atomic E-state index is 12.9. The third-order valence-corrected chi connectivity index (χ3v) is 6.73. The normalized spacial score (nSPS) is 38.3. The fourth-order valence-electron chi connectivity index (χ4n) is 4.63. The van der Waals surface area contributed by atoms with Gasteiger partial charge in [-0.05, 0) is 6.92 Å². The number of methoxy groups -OCH3 is 1. The van der Waals surface area contributed by atoms with Crippen LogP contribution in [0.1, 0.15) is 13.8 Å². The monoisotopic (exact) mass is 597 g/mol. The number of hydrogen-bond donors (Lipinski definition) is 8. The van der Waals surface area contributed by atoms with E-state index in [1.165, 1.54) is 6.92 Å². The van der Waals surface area contributed by atoms with Gasteiger partial charge in [0.15, 0.2) is 24.3 Å². The van der Waals surface area contributed by atoms with E-state index >= 15 is 0 Å². The molecule has 0 saturated carbocycles. The van der Waals surface area contributed by atoms with E-state index in [2.05, 4.69) is 5.32 Å². The molecule has 3 aliphatic rings. The smallest absolute Gasteiger partial charge is 0.378 e. The summed E-state index contributed by atoms with van der Waals surface area (Å²) in [5, 5.41) is 72.9. The topological polar surface area (TPSA) is 269 Å². The molecule has 0 aromatic heterocycles. The summed E-state index contributed by atoms with van der Waals surface area (Å²) in [6.07, 6.45) is -16.7. The van der Waals surface area contributed by atoms with Crippen molar-refractivity contribution in [2.75, 3.05) is 27.1 Å². The fourth-order valence-corrected chi connectivity index (χ4v) is 4.63. The number of esters is 2. The Labute approximate surface area is 232 Å². The molecular weight excluding hydrogens is 562 g/mol. The second kappa shape index (κ2) is 14.0. The summed E-state index contributed by atoms with van der Waals surface area (Å²) >= 11 is 0. The third kappa shape index (κ3) is 7.05. The zero-order valence-corrected chi connectivity index (χ0v) is 22.3. The van der Waals surface area contributed by atoms with Crippen LogP contribution in [-0.4, -0.2) is 154 Å². The summed E-state index contributed by atoms with van der Waals surface area (Å²) in [5.41, 5.74) is 0. The van der Waals surface area contributed by atoms with Crippen LogP contribution in [0.15, 0.2) is 11.5 Å². The van der Waals surface area contributed by atoms with Gasteiger partial charge in [0.1, 0.15) is 42.7 Å². The Bertz CT molecular complexity index is 976. The second-order valence-corrected chi connectivity index (χ2v) is 9.50. The first kappa shape index (κ1) is 32.9. The Hall–Kier alpha value is -2.65. The molecule has 0 spiro atoms. The molecule has 1 amide bonds. The van der Waals surface area contributed by atoms with Crippen LogP contribution in [-0.2, 0) is 47.5 Å². The highest BCUT2D eigenvalue weighted by molar-refractivity contribution is 5.89. The van der Waals surface area contributed by atoms with Gasteiger partial charge in [-0.1, -0.05) is 0 Å². The van der Waals surface area contributed by atoms with Gasteiger partial charge in [0.25, 0.3) is 0 Å². The minimum Gasteiger partial charge on any atom is -0.499 e. The zero-order chi connectivity index (χ0) is 30.6. The molecule has 234 valence electrons. The van der Waals surface area contributed by atoms with Crippen LogP contribution in [0.3, 0.4) is 0 Å². The number of carbonyl (C=O) groups is 3.